The lowest BCUT2D eigenvalue weighted by Crippen LogP contribution is -2.26. The summed E-state index contributed by atoms with van der Waals surface area (Å²) in [6.07, 6.45) is -0.0802. The summed E-state index contributed by atoms with van der Waals surface area (Å²) >= 11 is 0. The Kier molecular flexibility index (Phi) is 4.61. The van der Waals surface area contributed by atoms with Gasteiger partial charge in [-0.25, -0.2) is 4.39 Å². The summed E-state index contributed by atoms with van der Waals surface area (Å²) in [6.45, 7) is 0.196. The van der Waals surface area contributed by atoms with Crippen LogP contribution in [0.5, 0.6) is 0 Å². The van der Waals surface area contributed by atoms with Crippen molar-refractivity contribution in [3.8, 4) is 6.07 Å². The van der Waals surface area contributed by atoms with E-state index in [1.54, 1.807) is 19.2 Å². The molecule has 5 heteroatoms. The Morgan fingerprint density at radius 2 is 2.24 bits per heavy atom. The van der Waals surface area contributed by atoms with E-state index in [0.29, 0.717) is 0 Å². The van der Waals surface area contributed by atoms with Crippen LogP contribution in [0.2, 0.25) is 0 Å². The van der Waals surface area contributed by atoms with Gasteiger partial charge < -0.3 is 5.11 Å². The Morgan fingerprint density at radius 1 is 1.59 bits per heavy atom. The van der Waals surface area contributed by atoms with E-state index in [0.717, 1.165) is 0 Å². The maximum atomic E-state index is 13.5. The van der Waals surface area contributed by atoms with E-state index in [-0.39, 0.29) is 18.5 Å². The van der Waals surface area contributed by atoms with Crippen LogP contribution in [0.1, 0.15) is 18.0 Å². The largest absolute Gasteiger partial charge is 0.481 e. The number of hydrogen-bond donors (Lipinski definition) is 1. The van der Waals surface area contributed by atoms with Gasteiger partial charge in [0.25, 0.3) is 0 Å². The molecule has 0 radical (unpaired) electrons. The summed E-state index contributed by atoms with van der Waals surface area (Å²) in [6, 6.07) is 7.21. The molecule has 0 aliphatic rings. The molecule has 4 nitrogen and oxygen atoms in total. The number of nitrogens with zero attached hydrogens (tertiary/aromatic N) is 2. The van der Waals surface area contributed by atoms with Crippen LogP contribution in [-0.2, 0) is 4.79 Å². The fourth-order valence-corrected chi connectivity index (χ4v) is 1.50. The molecule has 0 aliphatic heterocycles. The van der Waals surface area contributed by atoms with Gasteiger partial charge in [-0.3, -0.25) is 9.69 Å². The highest BCUT2D eigenvalue weighted by Gasteiger charge is 2.19. The van der Waals surface area contributed by atoms with Gasteiger partial charge in [0.05, 0.1) is 12.5 Å². The van der Waals surface area contributed by atoms with E-state index in [1.165, 1.54) is 17.0 Å². The minimum absolute atomic E-state index is 0.0802. The van der Waals surface area contributed by atoms with Gasteiger partial charge in [0.15, 0.2) is 0 Å². The summed E-state index contributed by atoms with van der Waals surface area (Å²) < 4.78 is 13.5. The van der Waals surface area contributed by atoms with Crippen LogP contribution in [0.15, 0.2) is 24.3 Å². The second-order valence-corrected chi connectivity index (χ2v) is 3.68. The summed E-state index contributed by atoms with van der Waals surface area (Å²) in [5.74, 6) is -1.40. The van der Waals surface area contributed by atoms with Crippen molar-refractivity contribution >= 4 is 5.97 Å². The van der Waals surface area contributed by atoms with Crippen molar-refractivity contribution in [2.45, 2.75) is 12.5 Å². The van der Waals surface area contributed by atoms with Crippen molar-refractivity contribution < 1.29 is 14.3 Å². The summed E-state index contributed by atoms with van der Waals surface area (Å²) in [5, 5.41) is 17.6. The van der Waals surface area contributed by atoms with Gasteiger partial charge in [-0.15, -0.1) is 0 Å². The highest BCUT2D eigenvalue weighted by molar-refractivity contribution is 5.66. The number of aliphatic carboxylic acids is 1. The Bertz CT molecular complexity index is 442. The lowest BCUT2D eigenvalue weighted by molar-refractivity contribution is -0.137. The predicted molar refractivity (Wildman–Crippen MR) is 59.6 cm³/mol. The van der Waals surface area contributed by atoms with E-state index in [2.05, 4.69) is 0 Å². The molecule has 0 aliphatic carbocycles. The van der Waals surface area contributed by atoms with Crippen LogP contribution in [0.25, 0.3) is 0 Å². The molecule has 17 heavy (non-hydrogen) atoms. The number of hydrogen-bond acceptors (Lipinski definition) is 3. The number of carbonyl (C=O) groups is 1. The maximum Gasteiger partial charge on any atom is 0.304 e. The summed E-state index contributed by atoms with van der Waals surface area (Å²) in [4.78, 5) is 12.0. The van der Waals surface area contributed by atoms with Crippen LogP contribution in [0, 0.1) is 17.1 Å². The quantitative estimate of drug-likeness (QED) is 0.846. The maximum absolute atomic E-state index is 13.5. The highest BCUT2D eigenvalue weighted by atomic mass is 19.1. The standard InChI is InChI=1S/C12H13FN2O2/c1-15(7-6-12(16)17)11(8-14)9-4-2-3-5-10(9)13/h2-5,11H,6-7H2,1H3,(H,16,17). The molecule has 0 spiro atoms. The third-order valence-corrected chi connectivity index (χ3v) is 2.44. The zero-order chi connectivity index (χ0) is 12.8. The van der Waals surface area contributed by atoms with Crippen LogP contribution in [0.4, 0.5) is 4.39 Å². The minimum Gasteiger partial charge on any atom is -0.481 e. The highest BCUT2D eigenvalue weighted by Crippen LogP contribution is 2.21. The molecule has 1 aromatic carbocycles. The van der Waals surface area contributed by atoms with Gasteiger partial charge in [-0.05, 0) is 13.1 Å². The minimum atomic E-state index is -0.943. The normalized spacial score (nSPS) is 12.1. The molecule has 0 saturated heterocycles. The molecule has 1 rings (SSSR count). The first-order valence-corrected chi connectivity index (χ1v) is 5.12. The molecule has 1 N–H and O–H groups in total. The van der Waals surface area contributed by atoms with Gasteiger partial charge in [-0.2, -0.15) is 5.26 Å². The molecule has 1 aromatic rings. The van der Waals surface area contributed by atoms with Crippen molar-refractivity contribution in [1.29, 1.82) is 5.26 Å². The third-order valence-electron chi connectivity index (χ3n) is 2.44. The van der Waals surface area contributed by atoms with Gasteiger partial charge in [-0.1, -0.05) is 18.2 Å². The molecule has 0 fully saturated rings. The zero-order valence-electron chi connectivity index (χ0n) is 9.43. The van der Waals surface area contributed by atoms with Crippen molar-refractivity contribution in [2.24, 2.45) is 0 Å². The van der Waals surface area contributed by atoms with Crippen molar-refractivity contribution in [2.75, 3.05) is 13.6 Å². The van der Waals surface area contributed by atoms with Crippen LogP contribution >= 0.6 is 0 Å². The van der Waals surface area contributed by atoms with Crippen LogP contribution in [0.3, 0.4) is 0 Å². The van der Waals surface area contributed by atoms with Crippen LogP contribution in [-0.4, -0.2) is 29.6 Å². The fourth-order valence-electron chi connectivity index (χ4n) is 1.50. The number of halogens is 1. The predicted octanol–water partition coefficient (Wildman–Crippen LogP) is 1.80. The second-order valence-electron chi connectivity index (χ2n) is 3.68. The molecule has 1 unspecified atom stereocenters. The van der Waals surface area contributed by atoms with Gasteiger partial charge in [0.2, 0.25) is 0 Å². The van der Waals surface area contributed by atoms with Crippen molar-refractivity contribution in [1.82, 2.24) is 4.90 Å². The first-order valence-electron chi connectivity index (χ1n) is 5.12. The lowest BCUT2D eigenvalue weighted by atomic mass is 10.1. The third kappa shape index (κ3) is 3.54. The molecule has 90 valence electrons. The van der Waals surface area contributed by atoms with Gasteiger partial charge in [0, 0.05) is 12.1 Å². The van der Waals surface area contributed by atoms with Gasteiger partial charge >= 0.3 is 5.97 Å². The number of carboxylic acid groups (broad SMARTS) is 1. The first kappa shape index (κ1) is 13.1. The molecule has 0 saturated carbocycles. The first-order chi connectivity index (χ1) is 8.06. The Hall–Kier alpha value is -1.93. The number of carboxylic acids is 1. The lowest BCUT2D eigenvalue weighted by Gasteiger charge is -2.22. The van der Waals surface area contributed by atoms with Gasteiger partial charge in [0.1, 0.15) is 11.9 Å². The average molecular weight is 236 g/mol. The van der Waals surface area contributed by atoms with E-state index >= 15 is 0 Å². The number of rotatable bonds is 5. The average Bonchev–Trinajstić information content (AvgIpc) is 2.30. The topological polar surface area (TPSA) is 64.3 Å². The molecular formula is C12H13FN2O2. The fraction of sp³-hybridized carbons (Fsp3) is 0.333. The molecule has 0 aromatic heterocycles. The SMILES string of the molecule is CN(CCC(=O)O)C(C#N)c1ccccc1F. The van der Waals surface area contributed by atoms with Crippen LogP contribution < -0.4 is 0 Å². The molecule has 0 bridgehead atoms. The molecule has 0 heterocycles. The number of benzene rings is 1. The number of nitriles is 1. The smallest absolute Gasteiger partial charge is 0.304 e. The Labute approximate surface area is 98.9 Å². The molecule has 1 atom stereocenters. The van der Waals surface area contributed by atoms with E-state index in [4.69, 9.17) is 10.4 Å². The zero-order valence-corrected chi connectivity index (χ0v) is 9.43. The Balaban J connectivity index is 2.82. The van der Waals surface area contributed by atoms with E-state index in [1.807, 2.05) is 6.07 Å². The van der Waals surface area contributed by atoms with Crippen molar-refractivity contribution in [3.63, 3.8) is 0 Å². The summed E-state index contributed by atoms with van der Waals surface area (Å²) in [5.41, 5.74) is 0.267. The van der Waals surface area contributed by atoms with Crippen molar-refractivity contribution in [3.05, 3.63) is 35.6 Å². The van der Waals surface area contributed by atoms with E-state index in [9.17, 15) is 9.18 Å². The molecular weight excluding hydrogens is 223 g/mol. The Morgan fingerprint density at radius 3 is 2.76 bits per heavy atom. The van der Waals surface area contributed by atoms with E-state index < -0.39 is 17.8 Å². The summed E-state index contributed by atoms with van der Waals surface area (Å²) in [7, 11) is 1.60. The molecule has 0 amide bonds. The monoisotopic (exact) mass is 236 g/mol. The second kappa shape index (κ2) is 5.97.